The Bertz CT molecular complexity index is 400. The Balaban J connectivity index is 1.59. The van der Waals surface area contributed by atoms with Gasteiger partial charge in [-0.15, -0.1) is 0 Å². The van der Waals surface area contributed by atoms with E-state index in [1.807, 2.05) is 0 Å². The topological polar surface area (TPSA) is 21.3 Å². The fourth-order valence-corrected chi connectivity index (χ4v) is 2.76. The summed E-state index contributed by atoms with van der Waals surface area (Å²) in [5.41, 5.74) is 0.990. The van der Waals surface area contributed by atoms with Gasteiger partial charge in [-0.2, -0.15) is 0 Å². The molecule has 1 aromatic carbocycles. The zero-order valence-corrected chi connectivity index (χ0v) is 12.7. The Morgan fingerprint density at radius 1 is 1.26 bits per heavy atom. The molecule has 1 aromatic rings. The summed E-state index contributed by atoms with van der Waals surface area (Å²) in [6, 6.07) is 4.76. The number of rotatable bonds is 8. The van der Waals surface area contributed by atoms with Crippen LogP contribution < -0.4 is 10.1 Å². The van der Waals surface area contributed by atoms with Crippen molar-refractivity contribution in [1.29, 1.82) is 0 Å². The van der Waals surface area contributed by atoms with E-state index in [1.54, 1.807) is 12.1 Å². The number of benzene rings is 1. The molecule has 2 nitrogen and oxygen atoms in total. The van der Waals surface area contributed by atoms with Crippen LogP contribution in [0.25, 0.3) is 0 Å². The Morgan fingerprint density at radius 2 is 2.11 bits per heavy atom. The molecule has 0 aromatic heterocycles. The number of nitrogens with one attached hydrogen (secondary N) is 1. The van der Waals surface area contributed by atoms with Gasteiger partial charge in [0.25, 0.3) is 0 Å². The SMILES string of the molecule is Fc1ccc2c(c1)CC(CNCCCCCCBr)O2. The monoisotopic (exact) mass is 329 g/mol. The molecule has 0 saturated heterocycles. The third-order valence-corrected chi connectivity index (χ3v) is 3.93. The molecule has 0 radical (unpaired) electrons. The van der Waals surface area contributed by atoms with Crippen LogP contribution in [0.5, 0.6) is 5.75 Å². The van der Waals surface area contributed by atoms with Crippen molar-refractivity contribution in [2.45, 2.75) is 38.2 Å². The van der Waals surface area contributed by atoms with Gasteiger partial charge in [-0.3, -0.25) is 0 Å². The van der Waals surface area contributed by atoms with Gasteiger partial charge in [0.15, 0.2) is 0 Å². The van der Waals surface area contributed by atoms with E-state index < -0.39 is 0 Å². The Kier molecular flexibility index (Phi) is 6.11. The molecule has 0 spiro atoms. The Hall–Kier alpha value is -0.610. The highest BCUT2D eigenvalue weighted by molar-refractivity contribution is 9.09. The number of fused-ring (bicyclic) bond motifs is 1. The summed E-state index contributed by atoms with van der Waals surface area (Å²) in [4.78, 5) is 0. The van der Waals surface area contributed by atoms with Crippen LogP contribution in [0.2, 0.25) is 0 Å². The smallest absolute Gasteiger partial charge is 0.123 e. The first-order valence-corrected chi connectivity index (χ1v) is 8.13. The van der Waals surface area contributed by atoms with Gasteiger partial charge >= 0.3 is 0 Å². The average molecular weight is 330 g/mol. The van der Waals surface area contributed by atoms with Crippen molar-refractivity contribution in [1.82, 2.24) is 5.32 Å². The third-order valence-electron chi connectivity index (χ3n) is 3.37. The van der Waals surface area contributed by atoms with Gasteiger partial charge < -0.3 is 10.1 Å². The van der Waals surface area contributed by atoms with E-state index in [9.17, 15) is 4.39 Å². The van der Waals surface area contributed by atoms with E-state index in [-0.39, 0.29) is 11.9 Å². The second-order valence-corrected chi connectivity index (χ2v) is 5.80. The Labute approximate surface area is 122 Å². The maximum atomic E-state index is 13.1. The van der Waals surface area contributed by atoms with Crippen molar-refractivity contribution < 1.29 is 9.13 Å². The van der Waals surface area contributed by atoms with Crippen LogP contribution >= 0.6 is 15.9 Å². The molecule has 0 fully saturated rings. The minimum atomic E-state index is -0.178. The second kappa shape index (κ2) is 7.85. The molecule has 1 atom stereocenters. The zero-order valence-electron chi connectivity index (χ0n) is 11.1. The van der Waals surface area contributed by atoms with Crippen molar-refractivity contribution in [2.24, 2.45) is 0 Å². The number of alkyl halides is 1. The molecule has 1 N–H and O–H groups in total. The summed E-state index contributed by atoms with van der Waals surface area (Å²) in [6.45, 7) is 1.88. The number of ether oxygens (including phenoxy) is 1. The quantitative estimate of drug-likeness (QED) is 0.580. The van der Waals surface area contributed by atoms with Crippen molar-refractivity contribution in [3.63, 3.8) is 0 Å². The first kappa shape index (κ1) is 14.8. The number of unbranched alkanes of at least 4 members (excludes halogenated alkanes) is 3. The summed E-state index contributed by atoms with van der Waals surface area (Å²) in [5, 5.41) is 4.53. The molecule has 0 saturated carbocycles. The van der Waals surface area contributed by atoms with Crippen LogP contribution in [0.4, 0.5) is 4.39 Å². The van der Waals surface area contributed by atoms with Crippen LogP contribution in [0.15, 0.2) is 18.2 Å². The molecule has 2 rings (SSSR count). The maximum absolute atomic E-state index is 13.1. The van der Waals surface area contributed by atoms with Crippen molar-refractivity contribution >= 4 is 15.9 Å². The molecule has 0 aliphatic carbocycles. The lowest BCUT2D eigenvalue weighted by Crippen LogP contribution is -2.30. The fourth-order valence-electron chi connectivity index (χ4n) is 2.36. The molecule has 0 bridgehead atoms. The van der Waals surface area contributed by atoms with Gasteiger partial charge in [-0.25, -0.2) is 4.39 Å². The summed E-state index contributed by atoms with van der Waals surface area (Å²) in [5.74, 6) is 0.660. The molecular weight excluding hydrogens is 309 g/mol. The van der Waals surface area contributed by atoms with E-state index in [4.69, 9.17) is 4.74 Å². The highest BCUT2D eigenvalue weighted by Crippen LogP contribution is 2.28. The second-order valence-electron chi connectivity index (χ2n) is 5.00. The van der Waals surface area contributed by atoms with Gasteiger partial charge in [-0.05, 0) is 37.6 Å². The molecule has 1 aliphatic rings. The van der Waals surface area contributed by atoms with E-state index in [1.165, 1.54) is 31.7 Å². The lowest BCUT2D eigenvalue weighted by molar-refractivity contribution is 0.227. The molecule has 0 amide bonds. The standard InChI is InChI=1S/C15H21BrFNO/c16-7-3-1-2-4-8-18-11-14-10-12-9-13(17)5-6-15(12)19-14/h5-6,9,14,18H,1-4,7-8,10-11H2. The molecule has 1 aliphatic heterocycles. The summed E-state index contributed by atoms with van der Waals surface area (Å²) in [6.07, 6.45) is 5.99. The summed E-state index contributed by atoms with van der Waals surface area (Å²) < 4.78 is 18.8. The maximum Gasteiger partial charge on any atom is 0.123 e. The van der Waals surface area contributed by atoms with Gasteiger partial charge in [0, 0.05) is 23.9 Å². The first-order valence-electron chi connectivity index (χ1n) is 7.01. The minimum Gasteiger partial charge on any atom is -0.488 e. The third kappa shape index (κ3) is 4.77. The molecule has 4 heteroatoms. The van der Waals surface area contributed by atoms with Crippen LogP contribution in [-0.2, 0) is 6.42 Å². The Morgan fingerprint density at radius 3 is 2.95 bits per heavy atom. The minimum absolute atomic E-state index is 0.152. The normalized spacial score (nSPS) is 17.3. The van der Waals surface area contributed by atoms with Gasteiger partial charge in [0.2, 0.25) is 0 Å². The predicted molar refractivity (Wildman–Crippen MR) is 79.7 cm³/mol. The number of hydrogen-bond acceptors (Lipinski definition) is 2. The zero-order chi connectivity index (χ0) is 13.5. The van der Waals surface area contributed by atoms with Crippen molar-refractivity contribution in [3.8, 4) is 5.75 Å². The van der Waals surface area contributed by atoms with E-state index in [0.29, 0.717) is 0 Å². The van der Waals surface area contributed by atoms with Crippen LogP contribution in [0.3, 0.4) is 0 Å². The van der Waals surface area contributed by atoms with Gasteiger partial charge in [-0.1, -0.05) is 28.8 Å². The molecule has 19 heavy (non-hydrogen) atoms. The van der Waals surface area contributed by atoms with E-state index in [0.717, 1.165) is 36.2 Å². The van der Waals surface area contributed by atoms with E-state index >= 15 is 0 Å². The highest BCUT2D eigenvalue weighted by atomic mass is 79.9. The fraction of sp³-hybridized carbons (Fsp3) is 0.600. The summed E-state index contributed by atoms with van der Waals surface area (Å²) >= 11 is 3.44. The highest BCUT2D eigenvalue weighted by Gasteiger charge is 2.22. The van der Waals surface area contributed by atoms with Gasteiger partial charge in [0.05, 0.1) is 0 Å². The van der Waals surface area contributed by atoms with Crippen molar-refractivity contribution in [3.05, 3.63) is 29.6 Å². The lowest BCUT2D eigenvalue weighted by atomic mass is 10.1. The van der Waals surface area contributed by atoms with Gasteiger partial charge in [0.1, 0.15) is 17.7 Å². The van der Waals surface area contributed by atoms with E-state index in [2.05, 4.69) is 21.2 Å². The van der Waals surface area contributed by atoms with Crippen LogP contribution in [0, 0.1) is 5.82 Å². The summed E-state index contributed by atoms with van der Waals surface area (Å²) in [7, 11) is 0. The van der Waals surface area contributed by atoms with Crippen LogP contribution in [-0.4, -0.2) is 24.5 Å². The number of halogens is 2. The average Bonchev–Trinajstić information content (AvgIpc) is 2.79. The molecule has 1 heterocycles. The first-order chi connectivity index (χ1) is 9.29. The molecular formula is C15H21BrFNO. The molecule has 1 unspecified atom stereocenters. The van der Waals surface area contributed by atoms with Crippen molar-refractivity contribution in [2.75, 3.05) is 18.4 Å². The lowest BCUT2D eigenvalue weighted by Gasteiger charge is -2.11. The molecule has 106 valence electrons. The predicted octanol–water partition coefficient (Wildman–Crippen LogP) is 3.67. The number of hydrogen-bond donors (Lipinski definition) is 1. The van der Waals surface area contributed by atoms with Crippen LogP contribution in [0.1, 0.15) is 31.2 Å². The largest absolute Gasteiger partial charge is 0.488 e.